The van der Waals surface area contributed by atoms with Crippen LogP contribution in [0.4, 0.5) is 0 Å². The van der Waals surface area contributed by atoms with Gasteiger partial charge < -0.3 is 19.1 Å². The van der Waals surface area contributed by atoms with Crippen LogP contribution < -0.4 is 14.2 Å². The van der Waals surface area contributed by atoms with E-state index in [0.717, 1.165) is 0 Å². The summed E-state index contributed by atoms with van der Waals surface area (Å²) in [5.74, 6) is 1.62. The zero-order valence-electron chi connectivity index (χ0n) is 16.3. The highest BCUT2D eigenvalue weighted by molar-refractivity contribution is 6.30. The van der Waals surface area contributed by atoms with E-state index in [0.29, 0.717) is 47.3 Å². The average Bonchev–Trinajstić information content (AvgIpc) is 3.11. The van der Waals surface area contributed by atoms with Crippen molar-refractivity contribution in [3.8, 4) is 17.2 Å². The molecule has 7 heteroatoms. The van der Waals surface area contributed by atoms with Gasteiger partial charge in [0.05, 0.1) is 25.6 Å². The number of halogens is 1. The maximum Gasteiger partial charge on any atom is 0.263 e. The molecule has 1 spiro atoms. The van der Waals surface area contributed by atoms with Gasteiger partial charge in [0, 0.05) is 18.0 Å². The largest absolute Gasteiger partial charge is 0.497 e. The number of methoxy groups -OCH3 is 1. The molecule has 29 heavy (non-hydrogen) atoms. The highest BCUT2D eigenvalue weighted by atomic mass is 35.5. The van der Waals surface area contributed by atoms with Crippen molar-refractivity contribution in [3.63, 3.8) is 0 Å². The van der Waals surface area contributed by atoms with Gasteiger partial charge in [-0.3, -0.25) is 9.59 Å². The van der Waals surface area contributed by atoms with Gasteiger partial charge >= 0.3 is 0 Å². The lowest BCUT2D eigenvalue weighted by molar-refractivity contribution is -0.137. The molecule has 2 unspecified atom stereocenters. The minimum atomic E-state index is -0.686. The van der Waals surface area contributed by atoms with E-state index in [1.807, 2.05) is 0 Å². The molecule has 0 N–H and O–H groups in total. The molecule has 152 valence electrons. The van der Waals surface area contributed by atoms with Crippen molar-refractivity contribution in [3.05, 3.63) is 53.1 Å². The third kappa shape index (κ3) is 3.90. The molecule has 0 aromatic heterocycles. The maximum absolute atomic E-state index is 12.9. The monoisotopic (exact) mass is 415 g/mol. The first kappa shape index (κ1) is 19.6. The van der Waals surface area contributed by atoms with Gasteiger partial charge in [-0.05, 0) is 49.4 Å². The second-order valence-electron chi connectivity index (χ2n) is 7.47. The molecular formula is C22H22ClNO5. The van der Waals surface area contributed by atoms with Crippen LogP contribution in [0.1, 0.15) is 30.1 Å². The molecule has 2 aliphatic heterocycles. The topological polar surface area (TPSA) is 65.1 Å². The third-order valence-corrected chi connectivity index (χ3v) is 5.65. The number of hydrogen-bond donors (Lipinski definition) is 0. The summed E-state index contributed by atoms with van der Waals surface area (Å²) in [6.07, 6.45) is 0.189. The molecule has 2 aromatic carbocycles. The summed E-state index contributed by atoms with van der Waals surface area (Å²) in [4.78, 5) is 27.3. The lowest BCUT2D eigenvalue weighted by Gasteiger charge is -2.35. The summed E-state index contributed by atoms with van der Waals surface area (Å²) >= 11 is 5.88. The quantitative estimate of drug-likeness (QED) is 0.760. The highest BCUT2D eigenvalue weighted by Crippen LogP contribution is 2.40. The van der Waals surface area contributed by atoms with E-state index in [1.165, 1.54) is 0 Å². The van der Waals surface area contributed by atoms with Crippen LogP contribution in [0, 0.1) is 0 Å². The van der Waals surface area contributed by atoms with Crippen LogP contribution in [-0.4, -0.2) is 48.5 Å². The molecule has 0 radical (unpaired) electrons. The van der Waals surface area contributed by atoms with Crippen molar-refractivity contribution in [2.45, 2.75) is 31.5 Å². The van der Waals surface area contributed by atoms with Crippen molar-refractivity contribution < 1.29 is 23.8 Å². The lowest BCUT2D eigenvalue weighted by atomic mass is 9.89. The Hall–Kier alpha value is -2.73. The van der Waals surface area contributed by atoms with Gasteiger partial charge in [0.2, 0.25) is 0 Å². The fourth-order valence-electron chi connectivity index (χ4n) is 3.89. The van der Waals surface area contributed by atoms with E-state index in [-0.39, 0.29) is 18.1 Å². The van der Waals surface area contributed by atoms with E-state index in [9.17, 15) is 9.59 Å². The molecule has 2 heterocycles. The standard InChI is InChI=1S/C22H22ClNO5/c1-14(28-16-5-3-15(23)4-6-16)21(26)24-10-9-22(13-24)12-19(25)18-11-17(27-2)7-8-20(18)29-22/h3-8,11,14H,9-10,12-13H2,1-2H3. The molecule has 2 aromatic rings. The van der Waals surface area contributed by atoms with Crippen molar-refractivity contribution in [1.29, 1.82) is 0 Å². The number of rotatable bonds is 4. The molecule has 1 saturated heterocycles. The molecule has 1 amide bonds. The number of benzene rings is 2. The van der Waals surface area contributed by atoms with Crippen molar-refractivity contribution in [2.24, 2.45) is 0 Å². The first-order valence-electron chi connectivity index (χ1n) is 9.50. The Kier molecular flexibility index (Phi) is 5.13. The van der Waals surface area contributed by atoms with Gasteiger partial charge in [0.1, 0.15) is 22.8 Å². The van der Waals surface area contributed by atoms with Crippen LogP contribution in [0.3, 0.4) is 0 Å². The number of Topliss-reactive ketones (excluding diaryl/α,β-unsaturated/α-hetero) is 1. The summed E-state index contributed by atoms with van der Waals surface area (Å²) in [5.41, 5.74) is -0.159. The van der Waals surface area contributed by atoms with E-state index < -0.39 is 11.7 Å². The molecule has 2 aliphatic rings. The number of fused-ring (bicyclic) bond motifs is 1. The van der Waals surface area contributed by atoms with Gasteiger partial charge in [0.15, 0.2) is 11.9 Å². The minimum Gasteiger partial charge on any atom is -0.497 e. The smallest absolute Gasteiger partial charge is 0.263 e. The van der Waals surface area contributed by atoms with Crippen molar-refractivity contribution in [2.75, 3.05) is 20.2 Å². The van der Waals surface area contributed by atoms with E-state index in [1.54, 1.807) is 61.4 Å². The highest BCUT2D eigenvalue weighted by Gasteiger charge is 2.47. The normalized spacial score (nSPS) is 21.5. The van der Waals surface area contributed by atoms with Gasteiger partial charge in [-0.2, -0.15) is 0 Å². The molecule has 2 atom stereocenters. The van der Waals surface area contributed by atoms with Gasteiger partial charge in [-0.15, -0.1) is 0 Å². The number of hydrogen-bond acceptors (Lipinski definition) is 5. The Labute approximate surface area is 174 Å². The molecule has 6 nitrogen and oxygen atoms in total. The number of ether oxygens (including phenoxy) is 3. The van der Waals surface area contributed by atoms with Crippen molar-refractivity contribution >= 4 is 23.3 Å². The number of nitrogens with zero attached hydrogens (tertiary/aromatic N) is 1. The van der Waals surface area contributed by atoms with E-state index >= 15 is 0 Å². The van der Waals surface area contributed by atoms with Crippen molar-refractivity contribution in [1.82, 2.24) is 4.90 Å². The molecular weight excluding hydrogens is 394 g/mol. The first-order valence-corrected chi connectivity index (χ1v) is 9.88. The third-order valence-electron chi connectivity index (χ3n) is 5.40. The Balaban J connectivity index is 1.44. The van der Waals surface area contributed by atoms with Crippen LogP contribution >= 0.6 is 11.6 Å². The molecule has 0 saturated carbocycles. The predicted octanol–water partition coefficient (Wildman–Crippen LogP) is 3.75. The minimum absolute atomic E-state index is 0.00455. The Bertz CT molecular complexity index is 945. The lowest BCUT2D eigenvalue weighted by Crippen LogP contribution is -2.47. The molecule has 4 rings (SSSR count). The summed E-state index contributed by atoms with van der Waals surface area (Å²) in [6, 6.07) is 12.1. The van der Waals surface area contributed by atoms with Gasteiger partial charge in [-0.25, -0.2) is 0 Å². The van der Waals surface area contributed by atoms with E-state index in [2.05, 4.69) is 0 Å². The predicted molar refractivity (Wildman–Crippen MR) is 108 cm³/mol. The fraction of sp³-hybridized carbons (Fsp3) is 0.364. The fourth-order valence-corrected chi connectivity index (χ4v) is 4.01. The van der Waals surface area contributed by atoms with E-state index in [4.69, 9.17) is 25.8 Å². The molecule has 0 bridgehead atoms. The Morgan fingerprint density at radius 2 is 1.93 bits per heavy atom. The molecule has 0 aliphatic carbocycles. The number of likely N-dealkylation sites (tertiary alicyclic amines) is 1. The second-order valence-corrected chi connectivity index (χ2v) is 7.91. The Morgan fingerprint density at radius 1 is 1.21 bits per heavy atom. The average molecular weight is 416 g/mol. The van der Waals surface area contributed by atoms with Crippen LogP contribution in [0.2, 0.25) is 5.02 Å². The van der Waals surface area contributed by atoms with Crippen LogP contribution in [0.5, 0.6) is 17.2 Å². The van der Waals surface area contributed by atoms with Gasteiger partial charge in [-0.1, -0.05) is 11.6 Å². The second kappa shape index (κ2) is 7.59. The number of amides is 1. The van der Waals surface area contributed by atoms with Crippen LogP contribution in [0.15, 0.2) is 42.5 Å². The number of carbonyl (C=O) groups is 2. The Morgan fingerprint density at radius 3 is 2.66 bits per heavy atom. The summed E-state index contributed by atoms with van der Waals surface area (Å²) < 4.78 is 17.2. The molecule has 1 fully saturated rings. The summed E-state index contributed by atoms with van der Waals surface area (Å²) in [7, 11) is 1.56. The SMILES string of the molecule is COc1ccc2c(c1)C(=O)CC1(CCN(C(=O)C(C)Oc3ccc(Cl)cc3)C1)O2. The zero-order valence-corrected chi connectivity index (χ0v) is 17.1. The number of ketones is 1. The summed E-state index contributed by atoms with van der Waals surface area (Å²) in [6.45, 7) is 2.60. The summed E-state index contributed by atoms with van der Waals surface area (Å²) in [5, 5.41) is 0.606. The number of carbonyl (C=O) groups excluding carboxylic acids is 2. The maximum atomic E-state index is 12.9. The zero-order chi connectivity index (χ0) is 20.6. The first-order chi connectivity index (χ1) is 13.9. The van der Waals surface area contributed by atoms with Crippen LogP contribution in [-0.2, 0) is 4.79 Å². The van der Waals surface area contributed by atoms with Gasteiger partial charge in [0.25, 0.3) is 5.91 Å². The van der Waals surface area contributed by atoms with Crippen LogP contribution in [0.25, 0.3) is 0 Å².